The maximum atomic E-state index is 8.85. The third-order valence-electron chi connectivity index (χ3n) is 0. The number of hydrogen-bond acceptors (Lipinski definition) is 2. The molecule has 6 heavy (non-hydrogen) atoms. The van der Waals surface area contributed by atoms with Crippen molar-refractivity contribution >= 4 is 19.0 Å². The van der Waals surface area contributed by atoms with Crippen LogP contribution in [0.25, 0.3) is 0 Å². The van der Waals surface area contributed by atoms with E-state index < -0.39 is 19.0 Å². The van der Waals surface area contributed by atoms with Gasteiger partial charge in [0, 0.05) is 1.43 Å². The van der Waals surface area contributed by atoms with E-state index in [1.165, 1.54) is 0 Å². The molecule has 0 spiro atoms. The summed E-state index contributed by atoms with van der Waals surface area (Å²) in [6, 6.07) is 0. The van der Waals surface area contributed by atoms with Crippen LogP contribution in [0, 0.1) is 0 Å². The van der Waals surface area contributed by atoms with Gasteiger partial charge in [-0.3, -0.25) is 0 Å². The fourth-order valence-corrected chi connectivity index (χ4v) is 0. The molecular formula is H5NaO4Te. The summed E-state index contributed by atoms with van der Waals surface area (Å²) in [6.07, 6.45) is 0. The summed E-state index contributed by atoms with van der Waals surface area (Å²) >= 11 is -5.52. The van der Waals surface area contributed by atoms with E-state index in [0.717, 1.165) is 0 Å². The van der Waals surface area contributed by atoms with Crippen molar-refractivity contribution in [3.05, 3.63) is 0 Å². The van der Waals surface area contributed by atoms with Crippen molar-refractivity contribution in [1.29, 1.82) is 0 Å². The summed E-state index contributed by atoms with van der Waals surface area (Å²) in [5, 5.41) is 0. The molecule has 0 unspecified atom stereocenters. The van der Waals surface area contributed by atoms with Gasteiger partial charge in [0.2, 0.25) is 0 Å². The minimum Gasteiger partial charge on any atom is -1.00 e. The Morgan fingerprint density at radius 1 is 1.50 bits per heavy atom. The molecule has 0 bridgehead atoms. The molecule has 0 aliphatic carbocycles. The molecule has 0 aromatic heterocycles. The smallest absolute Gasteiger partial charge is 1.00 e. The second-order valence-electron chi connectivity index (χ2n) is 0.448. The molecule has 2 N–H and O–H groups in total. The Morgan fingerprint density at radius 2 is 1.50 bits per heavy atom. The van der Waals surface area contributed by atoms with Crippen LogP contribution in [0.4, 0.5) is 0 Å². The Balaban J connectivity index is -0.0000000267. The van der Waals surface area contributed by atoms with E-state index in [4.69, 9.17) is 13.2 Å². The second kappa shape index (κ2) is 3.33. The van der Waals surface area contributed by atoms with Crippen molar-refractivity contribution in [3.8, 4) is 0 Å². The normalized spacial score (nSPS) is 9.67. The minimum absolute atomic E-state index is 0. The van der Waals surface area contributed by atoms with Gasteiger partial charge in [0.05, 0.1) is 0 Å². The molecular weight excluding hydrogens is 215 g/mol. The van der Waals surface area contributed by atoms with Crippen molar-refractivity contribution in [2.24, 2.45) is 0 Å². The Hall–Kier alpha value is 1.31. The Labute approximate surface area is 64.1 Å². The van der Waals surface area contributed by atoms with Crippen molar-refractivity contribution in [2.75, 3.05) is 0 Å². The molecule has 0 atom stereocenters. The summed E-state index contributed by atoms with van der Waals surface area (Å²) < 4.78 is 32.0. The van der Waals surface area contributed by atoms with Gasteiger partial charge in [0.15, 0.2) is 0 Å². The molecule has 4 nitrogen and oxygen atoms in total. The molecule has 0 aliphatic rings. The predicted octanol–water partition coefficient (Wildman–Crippen LogP) is -4.37. The Morgan fingerprint density at radius 3 is 1.50 bits per heavy atom. The molecule has 0 rings (SSSR count). The van der Waals surface area contributed by atoms with Crippen molar-refractivity contribution in [1.82, 2.24) is 0 Å². The van der Waals surface area contributed by atoms with E-state index in [1.807, 2.05) is 0 Å². The molecule has 0 saturated carbocycles. The summed E-state index contributed by atoms with van der Waals surface area (Å²) in [6.45, 7) is 0. The van der Waals surface area contributed by atoms with E-state index in [2.05, 4.69) is 0 Å². The molecule has 0 aromatic rings. The molecule has 0 heterocycles. The van der Waals surface area contributed by atoms with Gasteiger partial charge in [-0.1, -0.05) is 0 Å². The zero-order valence-electron chi connectivity index (χ0n) is 4.12. The van der Waals surface area contributed by atoms with Gasteiger partial charge >= 0.3 is 61.7 Å². The van der Waals surface area contributed by atoms with E-state index in [9.17, 15) is 0 Å². The zero-order chi connectivity index (χ0) is 4.50. The molecule has 0 radical (unpaired) electrons. The SMILES string of the molecule is O=[Te](=O)(O)O.[H-].[HH].[Na+]. The summed E-state index contributed by atoms with van der Waals surface area (Å²) in [5.74, 6) is 0. The van der Waals surface area contributed by atoms with E-state index in [1.54, 1.807) is 0 Å². The van der Waals surface area contributed by atoms with Gasteiger partial charge < -0.3 is 1.43 Å². The van der Waals surface area contributed by atoms with Crippen molar-refractivity contribution in [3.63, 3.8) is 0 Å². The zero-order valence-corrected chi connectivity index (χ0v) is 7.45. The largest absolute Gasteiger partial charge is 1.00 e. The molecule has 36 valence electrons. The molecule has 0 aliphatic heterocycles. The van der Waals surface area contributed by atoms with Crippen LogP contribution in [0.3, 0.4) is 0 Å². The van der Waals surface area contributed by atoms with Gasteiger partial charge in [-0.25, -0.2) is 0 Å². The first-order valence-electron chi connectivity index (χ1n) is 0.698. The van der Waals surface area contributed by atoms with Crippen LogP contribution in [-0.4, -0.2) is 25.9 Å². The van der Waals surface area contributed by atoms with Crippen LogP contribution in [0.15, 0.2) is 0 Å². The molecule has 6 heteroatoms. The van der Waals surface area contributed by atoms with Crippen molar-refractivity contribution in [2.45, 2.75) is 0 Å². The maximum Gasteiger partial charge on any atom is 1.00 e. The van der Waals surface area contributed by atoms with Crippen LogP contribution >= 0.6 is 0 Å². The topological polar surface area (TPSA) is 74.6 Å². The van der Waals surface area contributed by atoms with Gasteiger partial charge in [0.25, 0.3) is 0 Å². The third kappa shape index (κ3) is 57.5. The molecule has 0 saturated heterocycles. The Bertz CT molecular complexity index is 97.2. The van der Waals surface area contributed by atoms with Gasteiger partial charge in [0.1, 0.15) is 0 Å². The fraction of sp³-hybridized carbons (Fsp3) is 0. The van der Waals surface area contributed by atoms with Gasteiger partial charge in [-0.2, -0.15) is 0 Å². The van der Waals surface area contributed by atoms with Crippen LogP contribution in [-0.2, 0) is 6.21 Å². The monoisotopic (exact) mass is 222 g/mol. The van der Waals surface area contributed by atoms with Crippen molar-refractivity contribution < 1.29 is 45.6 Å². The average molecular weight is 220 g/mol. The maximum absolute atomic E-state index is 8.85. The second-order valence-corrected chi connectivity index (χ2v) is 3.00. The first-order chi connectivity index (χ1) is 2.00. The molecule has 0 fully saturated rings. The van der Waals surface area contributed by atoms with Crippen LogP contribution < -0.4 is 29.6 Å². The van der Waals surface area contributed by atoms with Gasteiger partial charge in [-0.05, 0) is 0 Å². The standard InChI is InChI=1S/Na.H2O4Te.H2.H/c;1-5(2,3)4;;/h;(H2,1,2,3,4);1H;/q+1;;;-1. The van der Waals surface area contributed by atoms with Crippen LogP contribution in [0.2, 0.25) is 0 Å². The van der Waals surface area contributed by atoms with Crippen LogP contribution in [0.5, 0.6) is 0 Å². The first kappa shape index (κ1) is 10.3. The molecule has 0 aromatic carbocycles. The third-order valence-corrected chi connectivity index (χ3v) is 0. The van der Waals surface area contributed by atoms with Gasteiger partial charge in [-0.15, -0.1) is 0 Å². The summed E-state index contributed by atoms with van der Waals surface area (Å²) in [5.41, 5.74) is 0. The van der Waals surface area contributed by atoms with E-state index in [-0.39, 0.29) is 32.4 Å². The number of rotatable bonds is 0. The summed E-state index contributed by atoms with van der Waals surface area (Å²) in [7, 11) is 0. The first-order valence-corrected chi connectivity index (χ1v) is 4.69. The predicted molar refractivity (Wildman–Crippen MR) is 14.8 cm³/mol. The van der Waals surface area contributed by atoms with E-state index >= 15 is 0 Å². The quantitative estimate of drug-likeness (QED) is 0.404. The van der Waals surface area contributed by atoms with E-state index in [0.29, 0.717) is 0 Å². The Kier molecular flexibility index (Phi) is 5.73. The summed E-state index contributed by atoms with van der Waals surface area (Å²) in [4.78, 5) is 0. The number of hydrogen-bond donors (Lipinski definition) is 2. The van der Waals surface area contributed by atoms with Crippen LogP contribution in [0.1, 0.15) is 2.85 Å². The minimum atomic E-state index is -5.52. The average Bonchev–Trinajstić information content (AvgIpc) is 0.722. The molecule has 0 amide bonds. The fourth-order valence-electron chi connectivity index (χ4n) is 0.